The highest BCUT2D eigenvalue weighted by atomic mass is 15.0. The van der Waals surface area contributed by atoms with Gasteiger partial charge in [-0.15, -0.1) is 0 Å². The van der Waals surface area contributed by atoms with Crippen molar-refractivity contribution < 1.29 is 0 Å². The molecule has 0 spiro atoms. The molecule has 3 heteroatoms. The predicted octanol–water partition coefficient (Wildman–Crippen LogP) is 2.41. The Hall–Kier alpha value is -1.61. The van der Waals surface area contributed by atoms with Crippen LogP contribution in [0.1, 0.15) is 24.0 Å². The SMILES string of the molecule is CCc1[nH]c(CN)nc1-c1ccc(C)cc1. The van der Waals surface area contributed by atoms with Crippen molar-refractivity contribution >= 4 is 0 Å². The highest BCUT2D eigenvalue weighted by molar-refractivity contribution is 5.62. The van der Waals surface area contributed by atoms with Crippen molar-refractivity contribution in [1.29, 1.82) is 0 Å². The molecule has 0 saturated carbocycles. The molecule has 0 radical (unpaired) electrons. The second-order valence-electron chi connectivity index (χ2n) is 3.93. The van der Waals surface area contributed by atoms with Crippen molar-refractivity contribution in [3.05, 3.63) is 41.3 Å². The lowest BCUT2D eigenvalue weighted by Crippen LogP contribution is -1.98. The number of aromatic nitrogens is 2. The molecule has 0 aliphatic heterocycles. The Labute approximate surface area is 95.7 Å². The average Bonchev–Trinajstić information content (AvgIpc) is 2.73. The van der Waals surface area contributed by atoms with E-state index >= 15 is 0 Å². The lowest BCUT2D eigenvalue weighted by atomic mass is 10.1. The monoisotopic (exact) mass is 215 g/mol. The molecule has 2 rings (SSSR count). The molecule has 3 nitrogen and oxygen atoms in total. The minimum Gasteiger partial charge on any atom is -0.344 e. The lowest BCUT2D eigenvalue weighted by Gasteiger charge is -2.00. The normalized spacial score (nSPS) is 10.7. The number of nitrogens with one attached hydrogen (secondary N) is 1. The standard InChI is InChI=1S/C13H17N3/c1-3-11-13(16-12(8-14)15-11)10-6-4-9(2)5-7-10/h4-7H,3,8,14H2,1-2H3,(H,15,16). The maximum Gasteiger partial charge on any atom is 0.120 e. The molecule has 1 aromatic heterocycles. The van der Waals surface area contributed by atoms with Crippen molar-refractivity contribution in [2.24, 2.45) is 5.73 Å². The summed E-state index contributed by atoms with van der Waals surface area (Å²) in [6.07, 6.45) is 0.941. The molecule has 1 aromatic carbocycles. The van der Waals surface area contributed by atoms with Gasteiger partial charge in [-0.1, -0.05) is 36.8 Å². The van der Waals surface area contributed by atoms with Gasteiger partial charge < -0.3 is 10.7 Å². The maximum atomic E-state index is 5.60. The maximum absolute atomic E-state index is 5.60. The summed E-state index contributed by atoms with van der Waals surface area (Å²) in [6, 6.07) is 8.41. The third kappa shape index (κ3) is 1.99. The number of benzene rings is 1. The predicted molar refractivity (Wildman–Crippen MR) is 66.0 cm³/mol. The van der Waals surface area contributed by atoms with Crippen LogP contribution in [0.3, 0.4) is 0 Å². The van der Waals surface area contributed by atoms with E-state index in [1.165, 1.54) is 5.56 Å². The molecular weight excluding hydrogens is 198 g/mol. The van der Waals surface area contributed by atoms with Crippen LogP contribution in [0.4, 0.5) is 0 Å². The number of rotatable bonds is 3. The first-order valence-corrected chi connectivity index (χ1v) is 5.59. The van der Waals surface area contributed by atoms with Crippen LogP contribution < -0.4 is 5.73 Å². The van der Waals surface area contributed by atoms with E-state index in [1.54, 1.807) is 0 Å². The van der Waals surface area contributed by atoms with Gasteiger partial charge in [0.2, 0.25) is 0 Å². The van der Waals surface area contributed by atoms with Gasteiger partial charge in [-0.25, -0.2) is 4.98 Å². The highest BCUT2D eigenvalue weighted by Crippen LogP contribution is 2.22. The van der Waals surface area contributed by atoms with E-state index in [-0.39, 0.29) is 0 Å². The largest absolute Gasteiger partial charge is 0.344 e. The van der Waals surface area contributed by atoms with Gasteiger partial charge >= 0.3 is 0 Å². The highest BCUT2D eigenvalue weighted by Gasteiger charge is 2.09. The fraction of sp³-hybridized carbons (Fsp3) is 0.308. The molecule has 84 valence electrons. The summed E-state index contributed by atoms with van der Waals surface area (Å²) in [5.41, 5.74) is 10.2. The molecule has 0 aliphatic rings. The minimum absolute atomic E-state index is 0.457. The van der Waals surface area contributed by atoms with Crippen molar-refractivity contribution in [3.63, 3.8) is 0 Å². The zero-order chi connectivity index (χ0) is 11.5. The van der Waals surface area contributed by atoms with E-state index in [0.29, 0.717) is 6.54 Å². The molecule has 3 N–H and O–H groups in total. The average molecular weight is 215 g/mol. The van der Waals surface area contributed by atoms with Crippen molar-refractivity contribution in [2.75, 3.05) is 0 Å². The van der Waals surface area contributed by atoms with Crippen LogP contribution in [0.2, 0.25) is 0 Å². The zero-order valence-electron chi connectivity index (χ0n) is 9.75. The number of hydrogen-bond donors (Lipinski definition) is 2. The zero-order valence-corrected chi connectivity index (χ0v) is 9.75. The second-order valence-corrected chi connectivity index (χ2v) is 3.93. The number of hydrogen-bond acceptors (Lipinski definition) is 2. The van der Waals surface area contributed by atoms with Crippen LogP contribution in [0, 0.1) is 6.92 Å². The lowest BCUT2D eigenvalue weighted by molar-refractivity contribution is 0.932. The minimum atomic E-state index is 0.457. The summed E-state index contributed by atoms with van der Waals surface area (Å²) in [5, 5.41) is 0. The van der Waals surface area contributed by atoms with Crippen molar-refractivity contribution in [3.8, 4) is 11.3 Å². The van der Waals surface area contributed by atoms with E-state index in [0.717, 1.165) is 29.2 Å². The summed E-state index contributed by atoms with van der Waals surface area (Å²) < 4.78 is 0. The van der Waals surface area contributed by atoms with Gasteiger partial charge in [0.15, 0.2) is 0 Å². The Morgan fingerprint density at radius 3 is 2.50 bits per heavy atom. The molecule has 0 aliphatic carbocycles. The fourth-order valence-corrected chi connectivity index (χ4v) is 1.77. The van der Waals surface area contributed by atoms with Crippen LogP contribution in [-0.4, -0.2) is 9.97 Å². The van der Waals surface area contributed by atoms with E-state index in [4.69, 9.17) is 5.73 Å². The Bertz CT molecular complexity index is 468. The first kappa shape index (κ1) is 10.9. The van der Waals surface area contributed by atoms with Gasteiger partial charge in [0.25, 0.3) is 0 Å². The number of nitrogens with two attached hydrogens (primary N) is 1. The van der Waals surface area contributed by atoms with Gasteiger partial charge in [0.05, 0.1) is 12.2 Å². The van der Waals surface area contributed by atoms with Crippen LogP contribution in [0.5, 0.6) is 0 Å². The Morgan fingerprint density at radius 1 is 1.25 bits per heavy atom. The summed E-state index contributed by atoms with van der Waals surface area (Å²) in [4.78, 5) is 7.78. The van der Waals surface area contributed by atoms with Crippen molar-refractivity contribution in [1.82, 2.24) is 9.97 Å². The molecule has 1 heterocycles. The molecule has 0 saturated heterocycles. The van der Waals surface area contributed by atoms with Crippen LogP contribution in [-0.2, 0) is 13.0 Å². The quantitative estimate of drug-likeness (QED) is 0.826. The number of aryl methyl sites for hydroxylation is 2. The molecule has 16 heavy (non-hydrogen) atoms. The van der Waals surface area contributed by atoms with Crippen LogP contribution >= 0.6 is 0 Å². The Kier molecular flexibility index (Phi) is 3.06. The summed E-state index contributed by atoms with van der Waals surface area (Å²) in [7, 11) is 0. The summed E-state index contributed by atoms with van der Waals surface area (Å²) >= 11 is 0. The van der Waals surface area contributed by atoms with Crippen LogP contribution in [0.25, 0.3) is 11.3 Å². The molecule has 0 unspecified atom stereocenters. The second kappa shape index (κ2) is 4.49. The third-order valence-corrected chi connectivity index (χ3v) is 2.70. The molecule has 0 amide bonds. The molecule has 0 atom stereocenters. The number of nitrogens with zero attached hydrogens (tertiary/aromatic N) is 1. The molecule has 2 aromatic rings. The smallest absolute Gasteiger partial charge is 0.120 e. The number of aromatic amines is 1. The van der Waals surface area contributed by atoms with Gasteiger partial charge in [0.1, 0.15) is 5.82 Å². The Balaban J connectivity index is 2.45. The van der Waals surface area contributed by atoms with E-state index in [2.05, 4.69) is 48.1 Å². The molecular formula is C13H17N3. The van der Waals surface area contributed by atoms with Crippen LogP contribution in [0.15, 0.2) is 24.3 Å². The Morgan fingerprint density at radius 2 is 1.94 bits per heavy atom. The third-order valence-electron chi connectivity index (χ3n) is 2.70. The first-order valence-electron chi connectivity index (χ1n) is 5.59. The van der Waals surface area contributed by atoms with Gasteiger partial charge in [0, 0.05) is 11.3 Å². The summed E-state index contributed by atoms with van der Waals surface area (Å²) in [5.74, 6) is 0.854. The number of H-pyrrole nitrogens is 1. The van der Waals surface area contributed by atoms with E-state index < -0.39 is 0 Å². The van der Waals surface area contributed by atoms with E-state index in [1.807, 2.05) is 0 Å². The summed E-state index contributed by atoms with van der Waals surface area (Å²) in [6.45, 7) is 4.66. The fourth-order valence-electron chi connectivity index (χ4n) is 1.77. The van der Waals surface area contributed by atoms with E-state index in [9.17, 15) is 0 Å². The van der Waals surface area contributed by atoms with Crippen molar-refractivity contribution in [2.45, 2.75) is 26.8 Å². The topological polar surface area (TPSA) is 54.7 Å². The molecule has 0 fully saturated rings. The number of imidazole rings is 1. The van der Waals surface area contributed by atoms with Gasteiger partial charge in [-0.2, -0.15) is 0 Å². The van der Waals surface area contributed by atoms with Gasteiger partial charge in [-0.3, -0.25) is 0 Å². The van der Waals surface area contributed by atoms with Gasteiger partial charge in [-0.05, 0) is 13.3 Å². The first-order chi connectivity index (χ1) is 7.74. The molecule has 0 bridgehead atoms.